The van der Waals surface area contributed by atoms with E-state index in [9.17, 15) is 19.5 Å². The maximum Gasteiger partial charge on any atom is 0.312 e. The van der Waals surface area contributed by atoms with Crippen LogP contribution in [0.3, 0.4) is 0 Å². The van der Waals surface area contributed by atoms with Gasteiger partial charge in [-0.2, -0.15) is 0 Å². The maximum absolute atomic E-state index is 14.4. The normalized spacial score (nSPS) is 32.7. The van der Waals surface area contributed by atoms with Crippen LogP contribution in [0.5, 0.6) is 0 Å². The van der Waals surface area contributed by atoms with Gasteiger partial charge in [0.05, 0.1) is 30.8 Å². The molecule has 0 saturated carbocycles. The van der Waals surface area contributed by atoms with E-state index in [-0.39, 0.29) is 30.9 Å². The van der Waals surface area contributed by atoms with Crippen molar-refractivity contribution in [2.45, 2.75) is 96.1 Å². The van der Waals surface area contributed by atoms with Crippen LogP contribution in [0.25, 0.3) is 0 Å². The maximum atomic E-state index is 14.4. The largest absolute Gasteiger partial charge is 0.465 e. The van der Waals surface area contributed by atoms with Crippen molar-refractivity contribution in [3.05, 3.63) is 25.3 Å². The Hall–Kier alpha value is -2.19. The van der Waals surface area contributed by atoms with E-state index in [2.05, 4.69) is 13.2 Å². The van der Waals surface area contributed by atoms with Gasteiger partial charge in [-0.15, -0.1) is 13.2 Å². The van der Waals surface area contributed by atoms with E-state index >= 15 is 0 Å². The van der Waals surface area contributed by atoms with Gasteiger partial charge in [-0.25, -0.2) is 0 Å². The summed E-state index contributed by atoms with van der Waals surface area (Å²) in [5.74, 6) is -2.75. The van der Waals surface area contributed by atoms with Crippen molar-refractivity contribution in [3.8, 4) is 0 Å². The van der Waals surface area contributed by atoms with E-state index in [4.69, 9.17) is 9.47 Å². The average molecular weight is 505 g/mol. The van der Waals surface area contributed by atoms with Gasteiger partial charge in [-0.05, 0) is 52.9 Å². The molecule has 1 N–H and O–H groups in total. The minimum absolute atomic E-state index is 0.0576. The Morgan fingerprint density at radius 3 is 2.50 bits per heavy atom. The molecule has 0 aromatic carbocycles. The molecule has 3 aliphatic rings. The van der Waals surface area contributed by atoms with Crippen molar-refractivity contribution in [1.82, 2.24) is 9.80 Å². The number of hydrogen-bond donors (Lipinski definition) is 1. The van der Waals surface area contributed by atoms with E-state index in [0.29, 0.717) is 25.8 Å². The first kappa shape index (κ1) is 28.4. The molecule has 0 aliphatic carbocycles. The smallest absolute Gasteiger partial charge is 0.312 e. The van der Waals surface area contributed by atoms with Gasteiger partial charge < -0.3 is 24.4 Å². The highest BCUT2D eigenvalue weighted by Crippen LogP contribution is 2.64. The zero-order valence-electron chi connectivity index (χ0n) is 22.8. The fourth-order valence-corrected chi connectivity index (χ4v) is 6.48. The lowest BCUT2D eigenvalue weighted by molar-refractivity contribution is -0.163. The van der Waals surface area contributed by atoms with Crippen LogP contribution in [0.1, 0.15) is 67.2 Å². The summed E-state index contributed by atoms with van der Waals surface area (Å²) in [7, 11) is 0. The molecular formula is C28H44N2O6. The van der Waals surface area contributed by atoms with Crippen LogP contribution in [0.2, 0.25) is 0 Å². The molecule has 1 spiro atoms. The van der Waals surface area contributed by atoms with Crippen molar-refractivity contribution in [3.63, 3.8) is 0 Å². The third-order valence-corrected chi connectivity index (χ3v) is 8.50. The Morgan fingerprint density at radius 1 is 1.31 bits per heavy atom. The van der Waals surface area contributed by atoms with Crippen molar-refractivity contribution in [1.29, 1.82) is 0 Å². The van der Waals surface area contributed by atoms with Crippen LogP contribution in [-0.2, 0) is 23.9 Å². The summed E-state index contributed by atoms with van der Waals surface area (Å²) >= 11 is 0. The predicted molar refractivity (Wildman–Crippen MR) is 137 cm³/mol. The van der Waals surface area contributed by atoms with Gasteiger partial charge in [0, 0.05) is 12.1 Å². The molecule has 2 unspecified atom stereocenters. The SMILES string of the molecule is C=CCCOC(=O)[C@H]1[C@H]2C(=O)N([C@@H](CO)[C@@H](C)CC)C(C(=O)N(CC=C)C(C)(C)C)C23CC[C@]1(C)O3. The van der Waals surface area contributed by atoms with Gasteiger partial charge in [-0.1, -0.05) is 32.4 Å². The van der Waals surface area contributed by atoms with Crippen LogP contribution in [0, 0.1) is 17.8 Å². The topological polar surface area (TPSA) is 96.4 Å². The minimum Gasteiger partial charge on any atom is -0.465 e. The number of esters is 1. The zero-order chi connectivity index (χ0) is 27.1. The number of carbonyl (C=O) groups excluding carboxylic acids is 3. The number of rotatable bonds is 11. The third-order valence-electron chi connectivity index (χ3n) is 8.50. The van der Waals surface area contributed by atoms with Gasteiger partial charge >= 0.3 is 5.97 Å². The van der Waals surface area contributed by atoms with Crippen molar-refractivity contribution in [2.24, 2.45) is 17.8 Å². The molecule has 3 heterocycles. The average Bonchev–Trinajstić information content (AvgIpc) is 3.38. The molecule has 2 amide bonds. The van der Waals surface area contributed by atoms with Gasteiger partial charge in [0.2, 0.25) is 11.8 Å². The molecule has 3 rings (SSSR count). The lowest BCUT2D eigenvalue weighted by Gasteiger charge is -2.44. The first-order chi connectivity index (χ1) is 16.8. The summed E-state index contributed by atoms with van der Waals surface area (Å²) in [5, 5.41) is 10.4. The molecule has 3 aliphatic heterocycles. The molecule has 3 fully saturated rings. The van der Waals surface area contributed by atoms with Crippen LogP contribution < -0.4 is 0 Å². The Labute approximate surface area is 215 Å². The van der Waals surface area contributed by atoms with Crippen LogP contribution >= 0.6 is 0 Å². The number of hydrogen-bond acceptors (Lipinski definition) is 6. The number of aliphatic hydroxyl groups is 1. The molecule has 7 atom stereocenters. The first-order valence-electron chi connectivity index (χ1n) is 13.2. The highest BCUT2D eigenvalue weighted by atomic mass is 16.6. The Balaban J connectivity index is 2.15. The Kier molecular flexibility index (Phi) is 8.11. The Morgan fingerprint density at radius 2 is 1.97 bits per heavy atom. The monoisotopic (exact) mass is 504 g/mol. The second-order valence-electron chi connectivity index (χ2n) is 11.8. The minimum atomic E-state index is -1.16. The molecule has 0 radical (unpaired) electrons. The number of likely N-dealkylation sites (tertiary alicyclic amines) is 1. The van der Waals surface area contributed by atoms with E-state index < -0.39 is 46.6 Å². The molecule has 0 aromatic heterocycles. The summed E-state index contributed by atoms with van der Waals surface area (Å²) in [4.78, 5) is 45.2. The predicted octanol–water partition coefficient (Wildman–Crippen LogP) is 3.09. The summed E-state index contributed by atoms with van der Waals surface area (Å²) in [6.45, 7) is 19.3. The molecular weight excluding hydrogens is 460 g/mol. The van der Waals surface area contributed by atoms with Crippen LogP contribution in [-0.4, -0.2) is 81.3 Å². The molecule has 2 bridgehead atoms. The van der Waals surface area contributed by atoms with Gasteiger partial charge in [0.15, 0.2) is 0 Å². The highest BCUT2D eigenvalue weighted by molar-refractivity contribution is 5.99. The number of aliphatic hydroxyl groups excluding tert-OH is 1. The molecule has 0 aromatic rings. The van der Waals surface area contributed by atoms with Crippen molar-refractivity contribution < 1.29 is 29.0 Å². The standard InChI is InChI=1S/C28H44N2O6/c1-9-12-16-35-25(34)21-20-23(32)30(19(17-31)18(4)11-3)22(28(20)14-13-27(21,8)36-28)24(33)29(15-10-2)26(5,6)7/h9-10,18-22,31H,1-2,11-17H2,3-8H3/t18-,19-,20-,21+,22?,27-,28?/m0/s1. The van der Waals surface area contributed by atoms with E-state index in [0.717, 1.165) is 6.42 Å². The molecule has 8 nitrogen and oxygen atoms in total. The van der Waals surface area contributed by atoms with E-state index in [1.807, 2.05) is 41.5 Å². The highest BCUT2D eigenvalue weighted by Gasteiger charge is 2.79. The number of fused-ring (bicyclic) bond motifs is 1. The number of ether oxygens (including phenoxy) is 2. The number of nitrogens with zero attached hydrogens (tertiary/aromatic N) is 2. The second kappa shape index (κ2) is 10.3. The number of amides is 2. The fourth-order valence-electron chi connectivity index (χ4n) is 6.48. The lowest BCUT2D eigenvalue weighted by atomic mass is 9.66. The van der Waals surface area contributed by atoms with Crippen molar-refractivity contribution in [2.75, 3.05) is 19.8 Å². The summed E-state index contributed by atoms with van der Waals surface area (Å²) in [6, 6.07) is -1.53. The zero-order valence-corrected chi connectivity index (χ0v) is 22.8. The van der Waals surface area contributed by atoms with E-state index in [1.54, 1.807) is 22.0 Å². The van der Waals surface area contributed by atoms with Crippen LogP contribution in [0.15, 0.2) is 25.3 Å². The molecule has 202 valence electrons. The summed E-state index contributed by atoms with van der Waals surface area (Å²) < 4.78 is 12.2. The number of carbonyl (C=O) groups is 3. The fraction of sp³-hybridized carbons (Fsp3) is 0.750. The summed E-state index contributed by atoms with van der Waals surface area (Å²) in [5.41, 5.74) is -2.59. The van der Waals surface area contributed by atoms with Gasteiger partial charge in [-0.3, -0.25) is 14.4 Å². The third kappa shape index (κ3) is 4.40. The molecule has 36 heavy (non-hydrogen) atoms. The van der Waals surface area contributed by atoms with Crippen molar-refractivity contribution >= 4 is 17.8 Å². The summed E-state index contributed by atoms with van der Waals surface area (Å²) in [6.07, 6.45) is 5.59. The van der Waals surface area contributed by atoms with Gasteiger partial charge in [0.1, 0.15) is 17.6 Å². The van der Waals surface area contributed by atoms with Crippen LogP contribution in [0.4, 0.5) is 0 Å². The van der Waals surface area contributed by atoms with E-state index in [1.165, 1.54) is 0 Å². The molecule has 3 saturated heterocycles. The molecule has 8 heteroatoms. The Bertz CT molecular complexity index is 897. The lowest BCUT2D eigenvalue weighted by Crippen LogP contribution is -2.62. The second-order valence-corrected chi connectivity index (χ2v) is 11.8. The quantitative estimate of drug-likeness (QED) is 0.264. The first-order valence-corrected chi connectivity index (χ1v) is 13.2. The van der Waals surface area contributed by atoms with Gasteiger partial charge in [0.25, 0.3) is 0 Å².